The fraction of sp³-hybridized carbons (Fsp3) is 0.650. The van der Waals surface area contributed by atoms with E-state index in [1.54, 1.807) is 4.72 Å². The van der Waals surface area contributed by atoms with E-state index in [9.17, 15) is 22.7 Å². The quantitative estimate of drug-likeness (QED) is 0.623. The molecule has 29 heavy (non-hydrogen) atoms. The maximum absolute atomic E-state index is 14.7. The van der Waals surface area contributed by atoms with Gasteiger partial charge < -0.3 is 10.0 Å². The van der Waals surface area contributed by atoms with E-state index in [4.69, 9.17) is 0 Å². The number of hydrogen-bond donors (Lipinski definition) is 2. The zero-order valence-corrected chi connectivity index (χ0v) is 17.7. The van der Waals surface area contributed by atoms with E-state index in [0.717, 1.165) is 32.5 Å². The second-order valence-electron chi connectivity index (χ2n) is 8.06. The number of amides is 1. The Kier molecular flexibility index (Phi) is 7.00. The molecule has 0 spiro atoms. The number of nitrogens with one attached hydrogen (secondary N) is 1. The van der Waals surface area contributed by atoms with Crippen molar-refractivity contribution in [1.82, 2.24) is 9.62 Å². The molecule has 1 aromatic rings. The third-order valence-electron chi connectivity index (χ3n) is 5.63. The molecule has 2 saturated heterocycles. The minimum Gasteiger partial charge on any atom is -0.506 e. The molecule has 0 aromatic heterocycles. The number of phenols is 1. The summed E-state index contributed by atoms with van der Waals surface area (Å²) in [5, 5.41) is 10.3. The number of halogens is 1. The molecule has 2 fully saturated rings. The number of carbonyl (C=O) groups excluding carboxylic acids is 1. The van der Waals surface area contributed by atoms with Crippen LogP contribution in [0.2, 0.25) is 0 Å². The zero-order valence-electron chi connectivity index (χ0n) is 16.9. The summed E-state index contributed by atoms with van der Waals surface area (Å²) in [7, 11) is -4.17. The summed E-state index contributed by atoms with van der Waals surface area (Å²) in [6, 6.07) is 2.69. The van der Waals surface area contributed by atoms with Crippen molar-refractivity contribution >= 4 is 21.8 Å². The lowest BCUT2D eigenvalue weighted by Gasteiger charge is -2.33. The lowest BCUT2D eigenvalue weighted by Crippen LogP contribution is -2.36. The largest absolute Gasteiger partial charge is 0.506 e. The van der Waals surface area contributed by atoms with E-state index in [1.165, 1.54) is 37.8 Å². The molecule has 1 atom stereocenters. The number of unbranched alkanes of at least 4 members (excludes halogenated alkanes) is 3. The first-order valence-corrected chi connectivity index (χ1v) is 11.8. The number of benzene rings is 1. The molecule has 0 radical (unpaired) electrons. The minimum atomic E-state index is -4.17. The molecule has 0 aliphatic carbocycles. The van der Waals surface area contributed by atoms with Crippen molar-refractivity contribution < 1.29 is 22.7 Å². The number of anilines is 1. The van der Waals surface area contributed by atoms with Crippen molar-refractivity contribution in [3.63, 3.8) is 0 Å². The molecule has 0 bridgehead atoms. The van der Waals surface area contributed by atoms with Gasteiger partial charge in [-0.25, -0.2) is 13.4 Å². The fourth-order valence-corrected chi connectivity index (χ4v) is 5.44. The topological polar surface area (TPSA) is 89.9 Å². The van der Waals surface area contributed by atoms with E-state index in [0.29, 0.717) is 22.2 Å². The van der Waals surface area contributed by atoms with Gasteiger partial charge in [-0.1, -0.05) is 26.2 Å². The number of hydrogen-bond acceptors (Lipinski definition) is 5. The van der Waals surface area contributed by atoms with E-state index in [1.807, 2.05) is 0 Å². The number of carbonyl (C=O) groups is 1. The van der Waals surface area contributed by atoms with Crippen LogP contribution < -0.4 is 9.03 Å². The van der Waals surface area contributed by atoms with Crippen molar-refractivity contribution in [2.75, 3.05) is 30.5 Å². The monoisotopic (exact) mass is 427 g/mol. The Hall–Kier alpha value is -1.87. The molecule has 0 saturated carbocycles. The van der Waals surface area contributed by atoms with Crippen molar-refractivity contribution in [2.45, 2.75) is 51.9 Å². The molecule has 1 aromatic carbocycles. The Labute approximate surface area is 172 Å². The highest BCUT2D eigenvalue weighted by Gasteiger charge is 2.37. The Morgan fingerprint density at radius 3 is 2.72 bits per heavy atom. The number of piperidine rings is 1. The predicted molar refractivity (Wildman–Crippen MR) is 109 cm³/mol. The minimum absolute atomic E-state index is 0.373. The van der Waals surface area contributed by atoms with Crippen molar-refractivity contribution in [1.29, 1.82) is 0 Å². The Bertz CT molecular complexity index is 823. The molecule has 7 nitrogen and oxygen atoms in total. The van der Waals surface area contributed by atoms with Gasteiger partial charge in [0.05, 0.1) is 0 Å². The van der Waals surface area contributed by atoms with Crippen LogP contribution in [0.15, 0.2) is 12.1 Å². The van der Waals surface area contributed by atoms with Gasteiger partial charge in [0.15, 0.2) is 5.82 Å². The molecule has 162 valence electrons. The summed E-state index contributed by atoms with van der Waals surface area (Å²) < 4.78 is 40.9. The van der Waals surface area contributed by atoms with Gasteiger partial charge in [0.1, 0.15) is 18.0 Å². The predicted octanol–water partition coefficient (Wildman–Crippen LogP) is 2.55. The zero-order chi connectivity index (χ0) is 21.0. The highest BCUT2D eigenvalue weighted by molar-refractivity contribution is 7.92. The van der Waals surface area contributed by atoms with Crippen LogP contribution in [0.3, 0.4) is 0 Å². The second kappa shape index (κ2) is 9.30. The van der Waals surface area contributed by atoms with Crippen molar-refractivity contribution in [2.24, 2.45) is 5.92 Å². The third kappa shape index (κ3) is 5.39. The summed E-state index contributed by atoms with van der Waals surface area (Å²) in [4.78, 5) is 13.9. The second-order valence-corrected chi connectivity index (χ2v) is 9.65. The van der Waals surface area contributed by atoms with Gasteiger partial charge in [0, 0.05) is 6.54 Å². The van der Waals surface area contributed by atoms with E-state index in [2.05, 4.69) is 11.8 Å². The molecular formula is C20H30FN3O4S. The molecule has 1 amide bonds. The lowest BCUT2D eigenvalue weighted by molar-refractivity contribution is -0.117. The number of likely N-dealkylation sites (tertiary alicyclic amines) is 1. The van der Waals surface area contributed by atoms with Gasteiger partial charge >= 0.3 is 10.2 Å². The highest BCUT2D eigenvalue weighted by atomic mass is 32.2. The van der Waals surface area contributed by atoms with Crippen LogP contribution >= 0.6 is 0 Å². The normalized spacial score (nSPS) is 22.1. The molecule has 3 rings (SSSR count). The number of nitrogens with zero attached hydrogens (tertiary/aromatic N) is 2. The Morgan fingerprint density at radius 2 is 2.07 bits per heavy atom. The lowest BCUT2D eigenvalue weighted by atomic mass is 9.91. The van der Waals surface area contributed by atoms with Crippen LogP contribution in [0, 0.1) is 11.7 Å². The van der Waals surface area contributed by atoms with Gasteiger partial charge in [-0.2, -0.15) is 8.42 Å². The Balaban J connectivity index is 1.65. The summed E-state index contributed by atoms with van der Waals surface area (Å²) >= 11 is 0. The van der Waals surface area contributed by atoms with Crippen LogP contribution in [-0.4, -0.2) is 50.5 Å². The maximum atomic E-state index is 14.7. The summed E-state index contributed by atoms with van der Waals surface area (Å²) in [5.41, 5.74) is 0.158. The van der Waals surface area contributed by atoms with Gasteiger partial charge in [0.25, 0.3) is 5.91 Å². The van der Waals surface area contributed by atoms with E-state index in [-0.39, 0.29) is 0 Å². The molecular weight excluding hydrogens is 397 g/mol. The van der Waals surface area contributed by atoms with Gasteiger partial charge in [-0.05, 0) is 62.4 Å². The summed E-state index contributed by atoms with van der Waals surface area (Å²) in [6.45, 7) is 4.79. The van der Waals surface area contributed by atoms with Gasteiger partial charge in [-0.15, -0.1) is 0 Å². The first-order chi connectivity index (χ1) is 13.8. The summed E-state index contributed by atoms with van der Waals surface area (Å²) in [5.74, 6) is -1.69. The highest BCUT2D eigenvalue weighted by Crippen LogP contribution is 2.35. The number of rotatable bonds is 8. The first-order valence-electron chi connectivity index (χ1n) is 10.4. The van der Waals surface area contributed by atoms with Crippen LogP contribution in [0.4, 0.5) is 10.1 Å². The fourth-order valence-electron chi connectivity index (χ4n) is 4.27. The molecule has 2 aliphatic heterocycles. The average Bonchev–Trinajstić information content (AvgIpc) is 2.90. The molecule has 2 heterocycles. The molecule has 1 unspecified atom stereocenters. The third-order valence-corrected chi connectivity index (χ3v) is 7.01. The maximum Gasteiger partial charge on any atom is 0.326 e. The van der Waals surface area contributed by atoms with E-state index < -0.39 is 39.9 Å². The van der Waals surface area contributed by atoms with Crippen LogP contribution in [0.5, 0.6) is 5.75 Å². The summed E-state index contributed by atoms with van der Waals surface area (Å²) in [6.07, 6.45) is 7.70. The number of phenolic OH excluding ortho intramolecular Hbond substituents is 1. The van der Waals surface area contributed by atoms with E-state index >= 15 is 0 Å². The first kappa shape index (κ1) is 21.8. The van der Waals surface area contributed by atoms with Gasteiger partial charge in [0.2, 0.25) is 0 Å². The van der Waals surface area contributed by atoms with Crippen LogP contribution in [0.1, 0.15) is 51.0 Å². The molecule has 2 N–H and O–H groups in total. The van der Waals surface area contributed by atoms with Crippen molar-refractivity contribution in [3.8, 4) is 5.75 Å². The molecule has 2 aliphatic rings. The smallest absolute Gasteiger partial charge is 0.326 e. The number of aromatic hydroxyl groups is 1. The standard InChI is InChI=1S/C20H30FN3O4S/c1-2-3-4-5-8-23-9-6-7-15(13-23)10-16-11-17(21)20(18(25)12-16)24-14-19(26)22-29(24,27)28/h11-12,15,25H,2-10,13-14H2,1H3,(H,22,26). The van der Waals surface area contributed by atoms with Crippen molar-refractivity contribution in [3.05, 3.63) is 23.5 Å². The Morgan fingerprint density at radius 1 is 1.28 bits per heavy atom. The van der Waals surface area contributed by atoms with Gasteiger partial charge in [-0.3, -0.25) is 4.79 Å². The molecule has 9 heteroatoms. The SMILES string of the molecule is CCCCCCN1CCCC(Cc2cc(O)c(N3CC(=O)NS3(=O)=O)c(F)c2)C1. The average molecular weight is 428 g/mol. The van der Waals surface area contributed by atoms with Crippen LogP contribution in [0.25, 0.3) is 0 Å². The van der Waals surface area contributed by atoms with Crippen LogP contribution in [-0.2, 0) is 21.4 Å².